The molecule has 1 aliphatic heterocycles. The van der Waals surface area contributed by atoms with Crippen molar-refractivity contribution in [1.82, 2.24) is 0 Å². The summed E-state index contributed by atoms with van der Waals surface area (Å²) in [5.41, 5.74) is 2.17. The predicted molar refractivity (Wildman–Crippen MR) is 52.3 cm³/mol. The number of hydrogen-bond donors (Lipinski definition) is 1. The SMILES string of the molecule is Cc1cccc2c1SCC2C(=O)O. The Hall–Kier alpha value is -0.960. The van der Waals surface area contributed by atoms with Gasteiger partial charge in [-0.05, 0) is 18.1 Å². The molecule has 2 rings (SSSR count). The summed E-state index contributed by atoms with van der Waals surface area (Å²) in [6.45, 7) is 2.02. The fourth-order valence-electron chi connectivity index (χ4n) is 1.61. The Morgan fingerprint density at radius 2 is 2.38 bits per heavy atom. The molecule has 0 amide bonds. The van der Waals surface area contributed by atoms with Crippen LogP contribution in [-0.4, -0.2) is 16.8 Å². The first kappa shape index (κ1) is 8.63. The summed E-state index contributed by atoms with van der Waals surface area (Å²) in [6.07, 6.45) is 0. The summed E-state index contributed by atoms with van der Waals surface area (Å²) in [5, 5.41) is 8.94. The molecule has 1 aromatic carbocycles. The molecule has 0 bridgehead atoms. The normalized spacial score (nSPS) is 19.9. The standard InChI is InChI=1S/C10H10O2S/c1-6-3-2-4-7-8(10(11)12)5-13-9(6)7/h2-4,8H,5H2,1H3,(H,11,12). The summed E-state index contributed by atoms with van der Waals surface area (Å²) in [7, 11) is 0. The van der Waals surface area contributed by atoms with E-state index in [1.165, 1.54) is 5.56 Å². The fourth-order valence-corrected chi connectivity index (χ4v) is 2.94. The molecule has 68 valence electrons. The lowest BCUT2D eigenvalue weighted by Crippen LogP contribution is -2.10. The highest BCUT2D eigenvalue weighted by molar-refractivity contribution is 7.99. The van der Waals surface area contributed by atoms with E-state index in [1.54, 1.807) is 11.8 Å². The highest BCUT2D eigenvalue weighted by Gasteiger charge is 2.29. The first-order valence-corrected chi connectivity index (χ1v) is 5.14. The molecular weight excluding hydrogens is 184 g/mol. The van der Waals surface area contributed by atoms with E-state index < -0.39 is 5.97 Å². The zero-order valence-electron chi connectivity index (χ0n) is 7.28. The summed E-state index contributed by atoms with van der Waals surface area (Å²) in [5.74, 6) is -0.341. The molecular formula is C10H10O2S. The van der Waals surface area contributed by atoms with Gasteiger partial charge in [0.2, 0.25) is 0 Å². The number of carboxylic acids is 1. The third-order valence-electron chi connectivity index (χ3n) is 2.31. The van der Waals surface area contributed by atoms with Crippen LogP contribution >= 0.6 is 11.8 Å². The second kappa shape index (κ2) is 3.07. The Morgan fingerprint density at radius 3 is 3.08 bits per heavy atom. The van der Waals surface area contributed by atoms with Crippen LogP contribution in [-0.2, 0) is 4.79 Å². The van der Waals surface area contributed by atoms with Gasteiger partial charge in [-0.1, -0.05) is 18.2 Å². The van der Waals surface area contributed by atoms with E-state index in [1.807, 2.05) is 25.1 Å². The molecule has 3 heteroatoms. The van der Waals surface area contributed by atoms with Gasteiger partial charge in [0.25, 0.3) is 0 Å². The van der Waals surface area contributed by atoms with Crippen LogP contribution in [0.2, 0.25) is 0 Å². The topological polar surface area (TPSA) is 37.3 Å². The van der Waals surface area contributed by atoms with Crippen LogP contribution in [0, 0.1) is 6.92 Å². The number of aryl methyl sites for hydroxylation is 1. The van der Waals surface area contributed by atoms with E-state index in [9.17, 15) is 4.79 Å². The maximum Gasteiger partial charge on any atom is 0.311 e. The first-order chi connectivity index (χ1) is 6.20. The number of hydrogen-bond acceptors (Lipinski definition) is 2. The van der Waals surface area contributed by atoms with E-state index >= 15 is 0 Å². The third kappa shape index (κ3) is 1.33. The molecule has 0 aliphatic carbocycles. The minimum absolute atomic E-state index is 0.306. The molecule has 1 unspecified atom stereocenters. The van der Waals surface area contributed by atoms with Crippen molar-refractivity contribution in [2.45, 2.75) is 17.7 Å². The Kier molecular flexibility index (Phi) is 2.04. The van der Waals surface area contributed by atoms with Crippen molar-refractivity contribution in [3.63, 3.8) is 0 Å². The van der Waals surface area contributed by atoms with E-state index in [2.05, 4.69) is 0 Å². The Balaban J connectivity index is 2.49. The second-order valence-electron chi connectivity index (χ2n) is 3.20. The summed E-state index contributed by atoms with van der Waals surface area (Å²) < 4.78 is 0. The van der Waals surface area contributed by atoms with Crippen molar-refractivity contribution in [3.8, 4) is 0 Å². The highest BCUT2D eigenvalue weighted by atomic mass is 32.2. The van der Waals surface area contributed by atoms with Gasteiger partial charge in [-0.25, -0.2) is 0 Å². The van der Waals surface area contributed by atoms with Crippen molar-refractivity contribution in [2.24, 2.45) is 0 Å². The van der Waals surface area contributed by atoms with Crippen LogP contribution in [0.5, 0.6) is 0 Å². The van der Waals surface area contributed by atoms with Crippen LogP contribution in [0.3, 0.4) is 0 Å². The maximum absolute atomic E-state index is 10.9. The Bertz CT molecular complexity index is 360. The maximum atomic E-state index is 10.9. The molecule has 1 aliphatic rings. The molecule has 1 aromatic rings. The van der Waals surface area contributed by atoms with Crippen molar-refractivity contribution >= 4 is 17.7 Å². The summed E-state index contributed by atoms with van der Waals surface area (Å²) in [4.78, 5) is 12.0. The number of thioether (sulfide) groups is 1. The van der Waals surface area contributed by atoms with Crippen LogP contribution in [0.15, 0.2) is 23.1 Å². The molecule has 0 spiro atoms. The van der Waals surface area contributed by atoms with E-state index in [4.69, 9.17) is 5.11 Å². The number of aliphatic carboxylic acids is 1. The number of carboxylic acid groups (broad SMARTS) is 1. The second-order valence-corrected chi connectivity index (χ2v) is 4.23. The lowest BCUT2D eigenvalue weighted by Gasteiger charge is -2.04. The van der Waals surface area contributed by atoms with Crippen LogP contribution in [0.25, 0.3) is 0 Å². The van der Waals surface area contributed by atoms with E-state index in [-0.39, 0.29) is 5.92 Å². The van der Waals surface area contributed by atoms with Crippen molar-refractivity contribution < 1.29 is 9.90 Å². The Morgan fingerprint density at radius 1 is 1.62 bits per heavy atom. The first-order valence-electron chi connectivity index (χ1n) is 4.15. The summed E-state index contributed by atoms with van der Waals surface area (Å²) >= 11 is 1.65. The van der Waals surface area contributed by atoms with Gasteiger partial charge in [0, 0.05) is 10.6 Å². The van der Waals surface area contributed by atoms with Crippen LogP contribution < -0.4 is 0 Å². The average Bonchev–Trinajstić information content (AvgIpc) is 2.48. The molecule has 0 fully saturated rings. The predicted octanol–water partition coefficient (Wildman–Crippen LogP) is 2.27. The largest absolute Gasteiger partial charge is 0.481 e. The number of fused-ring (bicyclic) bond motifs is 1. The van der Waals surface area contributed by atoms with Gasteiger partial charge in [0.1, 0.15) is 0 Å². The minimum Gasteiger partial charge on any atom is -0.481 e. The highest BCUT2D eigenvalue weighted by Crippen LogP contribution is 2.41. The smallest absolute Gasteiger partial charge is 0.311 e. The number of rotatable bonds is 1. The van der Waals surface area contributed by atoms with Gasteiger partial charge in [0.05, 0.1) is 5.92 Å². The molecule has 2 nitrogen and oxygen atoms in total. The summed E-state index contributed by atoms with van der Waals surface area (Å²) in [6, 6.07) is 5.87. The third-order valence-corrected chi connectivity index (χ3v) is 3.66. The van der Waals surface area contributed by atoms with Crippen LogP contribution in [0.1, 0.15) is 17.0 Å². The lowest BCUT2D eigenvalue weighted by molar-refractivity contribution is -0.138. The van der Waals surface area contributed by atoms with E-state index in [0.29, 0.717) is 5.75 Å². The number of benzene rings is 1. The molecule has 0 saturated heterocycles. The molecule has 1 heterocycles. The van der Waals surface area contributed by atoms with Gasteiger partial charge in [-0.2, -0.15) is 0 Å². The average molecular weight is 194 g/mol. The zero-order chi connectivity index (χ0) is 9.42. The van der Waals surface area contributed by atoms with Gasteiger partial charge in [0.15, 0.2) is 0 Å². The fraction of sp³-hybridized carbons (Fsp3) is 0.300. The molecule has 13 heavy (non-hydrogen) atoms. The van der Waals surface area contributed by atoms with Gasteiger partial charge < -0.3 is 5.11 Å². The van der Waals surface area contributed by atoms with Gasteiger partial charge >= 0.3 is 5.97 Å². The Labute approximate surface area is 81.0 Å². The van der Waals surface area contributed by atoms with Crippen molar-refractivity contribution in [1.29, 1.82) is 0 Å². The van der Waals surface area contributed by atoms with Crippen LogP contribution in [0.4, 0.5) is 0 Å². The lowest BCUT2D eigenvalue weighted by atomic mass is 10.00. The van der Waals surface area contributed by atoms with Crippen molar-refractivity contribution in [2.75, 3.05) is 5.75 Å². The number of carbonyl (C=O) groups is 1. The van der Waals surface area contributed by atoms with Gasteiger partial charge in [-0.15, -0.1) is 11.8 Å². The van der Waals surface area contributed by atoms with Gasteiger partial charge in [-0.3, -0.25) is 4.79 Å². The molecule has 0 radical (unpaired) electrons. The van der Waals surface area contributed by atoms with Crippen molar-refractivity contribution in [3.05, 3.63) is 29.3 Å². The quantitative estimate of drug-likeness (QED) is 0.745. The van der Waals surface area contributed by atoms with E-state index in [0.717, 1.165) is 10.5 Å². The molecule has 1 N–H and O–H groups in total. The minimum atomic E-state index is -0.711. The molecule has 0 saturated carbocycles. The zero-order valence-corrected chi connectivity index (χ0v) is 8.10. The monoisotopic (exact) mass is 194 g/mol. The molecule has 0 aromatic heterocycles. The molecule has 1 atom stereocenters.